The van der Waals surface area contributed by atoms with E-state index in [1.807, 2.05) is 6.07 Å². The number of benzene rings is 3. The number of hydrogen-bond donors (Lipinski definition) is 7. The Morgan fingerprint density at radius 2 is 1.44 bits per heavy atom. The van der Waals surface area contributed by atoms with E-state index < -0.39 is 17.9 Å². The van der Waals surface area contributed by atoms with Gasteiger partial charge in [0.2, 0.25) is 11.8 Å². The van der Waals surface area contributed by atoms with E-state index in [2.05, 4.69) is 10.6 Å². The summed E-state index contributed by atoms with van der Waals surface area (Å²) in [5, 5.41) is 53.4. The molecule has 0 bridgehead atoms. The first kappa shape index (κ1) is 26.0. The summed E-state index contributed by atoms with van der Waals surface area (Å²) in [4.78, 5) is 25.5. The van der Waals surface area contributed by atoms with E-state index in [-0.39, 0.29) is 35.2 Å². The minimum atomic E-state index is -0.985. The highest BCUT2D eigenvalue weighted by atomic mass is 16.3. The predicted octanol–water partition coefficient (Wildman–Crippen LogP) is 2.62. The molecule has 0 aliphatic heterocycles. The van der Waals surface area contributed by atoms with Gasteiger partial charge in [-0.2, -0.15) is 0 Å². The molecule has 0 saturated heterocycles. The second kappa shape index (κ2) is 11.7. The molecule has 188 valence electrons. The lowest BCUT2D eigenvalue weighted by Crippen LogP contribution is -2.48. The zero-order chi connectivity index (χ0) is 26.2. The summed E-state index contributed by atoms with van der Waals surface area (Å²) in [6.45, 7) is 2.07. The molecule has 7 N–H and O–H groups in total. The van der Waals surface area contributed by atoms with Crippen molar-refractivity contribution in [1.29, 1.82) is 0 Å². The Labute approximate surface area is 208 Å². The number of phenolic OH excluding ortho intramolecular Hbond substituents is 5. The number of nitrogens with one attached hydrogen (secondary N) is 2. The van der Waals surface area contributed by atoms with E-state index in [1.165, 1.54) is 48.6 Å². The van der Waals surface area contributed by atoms with Crippen LogP contribution in [-0.4, -0.2) is 49.9 Å². The zero-order valence-corrected chi connectivity index (χ0v) is 19.6. The first-order valence-electron chi connectivity index (χ1n) is 11.2. The summed E-state index contributed by atoms with van der Waals surface area (Å²) in [6, 6.07) is 12.4. The Hall–Kier alpha value is -4.66. The largest absolute Gasteiger partial charge is 0.508 e. The zero-order valence-electron chi connectivity index (χ0n) is 19.6. The van der Waals surface area contributed by atoms with Crippen LogP contribution < -0.4 is 10.6 Å². The van der Waals surface area contributed by atoms with Crippen LogP contribution in [0.1, 0.15) is 22.3 Å². The van der Waals surface area contributed by atoms with Crippen molar-refractivity contribution < 1.29 is 35.1 Å². The number of aromatic hydroxyl groups is 5. The molecule has 1 atom stereocenters. The van der Waals surface area contributed by atoms with Crippen molar-refractivity contribution in [3.8, 4) is 28.7 Å². The Bertz CT molecular complexity index is 1290. The molecule has 3 aromatic carbocycles. The van der Waals surface area contributed by atoms with Crippen LogP contribution in [-0.2, 0) is 22.4 Å². The molecule has 2 amide bonds. The fraction of sp³-hybridized carbons (Fsp3) is 0.185. The average Bonchev–Trinajstić information content (AvgIpc) is 2.84. The highest BCUT2D eigenvalue weighted by Gasteiger charge is 2.21. The van der Waals surface area contributed by atoms with Crippen LogP contribution in [0.25, 0.3) is 6.08 Å². The second-order valence-electron chi connectivity index (χ2n) is 8.33. The van der Waals surface area contributed by atoms with Crippen LogP contribution in [0.15, 0.2) is 60.7 Å². The quantitative estimate of drug-likeness (QED) is 0.179. The average molecular weight is 493 g/mol. The molecule has 3 rings (SSSR count). The summed E-state index contributed by atoms with van der Waals surface area (Å²) in [6.07, 6.45) is 3.18. The van der Waals surface area contributed by atoms with Crippen LogP contribution >= 0.6 is 0 Å². The normalized spacial score (nSPS) is 11.8. The van der Waals surface area contributed by atoms with E-state index >= 15 is 0 Å². The van der Waals surface area contributed by atoms with E-state index in [9.17, 15) is 35.1 Å². The van der Waals surface area contributed by atoms with Crippen LogP contribution in [0.3, 0.4) is 0 Å². The molecule has 9 nitrogen and oxygen atoms in total. The molecular formula is C27H28N2O7. The number of phenols is 5. The van der Waals surface area contributed by atoms with E-state index in [0.717, 1.165) is 11.1 Å². The van der Waals surface area contributed by atoms with E-state index in [1.54, 1.807) is 19.1 Å². The maximum Gasteiger partial charge on any atom is 0.244 e. The number of rotatable bonds is 9. The fourth-order valence-corrected chi connectivity index (χ4v) is 3.50. The molecule has 0 radical (unpaired) electrons. The maximum atomic E-state index is 12.9. The SMILES string of the molecule is Cc1cc(CCNC(=O)C(Cc2ccc(O)c(O)c2)NC(=O)/C=C/c2ccc(O)c(O)c2)ccc1O. The van der Waals surface area contributed by atoms with Gasteiger partial charge in [-0.3, -0.25) is 9.59 Å². The van der Waals surface area contributed by atoms with Crippen molar-refractivity contribution >= 4 is 17.9 Å². The minimum Gasteiger partial charge on any atom is -0.508 e. The summed E-state index contributed by atoms with van der Waals surface area (Å²) in [5.74, 6) is -2.07. The second-order valence-corrected chi connectivity index (χ2v) is 8.33. The molecule has 0 heterocycles. The maximum absolute atomic E-state index is 12.9. The third kappa shape index (κ3) is 7.17. The first-order chi connectivity index (χ1) is 17.1. The first-order valence-corrected chi connectivity index (χ1v) is 11.2. The molecule has 0 spiro atoms. The Kier molecular flexibility index (Phi) is 8.40. The van der Waals surface area contributed by atoms with Crippen molar-refractivity contribution in [2.45, 2.75) is 25.8 Å². The molecule has 1 unspecified atom stereocenters. The Morgan fingerprint density at radius 3 is 2.11 bits per heavy atom. The van der Waals surface area contributed by atoms with Gasteiger partial charge in [0.15, 0.2) is 23.0 Å². The molecule has 0 saturated carbocycles. The van der Waals surface area contributed by atoms with Gasteiger partial charge < -0.3 is 36.2 Å². The lowest BCUT2D eigenvalue weighted by molar-refractivity contribution is -0.127. The molecule has 0 aliphatic rings. The van der Waals surface area contributed by atoms with Gasteiger partial charge in [0.05, 0.1) is 0 Å². The van der Waals surface area contributed by atoms with Gasteiger partial charge in [-0.1, -0.05) is 24.3 Å². The monoisotopic (exact) mass is 492 g/mol. The summed E-state index contributed by atoms with van der Waals surface area (Å²) >= 11 is 0. The highest BCUT2D eigenvalue weighted by Crippen LogP contribution is 2.26. The molecular weight excluding hydrogens is 464 g/mol. The molecule has 36 heavy (non-hydrogen) atoms. The molecule has 3 aromatic rings. The van der Waals surface area contributed by atoms with Crippen LogP contribution in [0, 0.1) is 6.92 Å². The number of carbonyl (C=O) groups is 2. The molecule has 0 aromatic heterocycles. The predicted molar refractivity (Wildman–Crippen MR) is 134 cm³/mol. The Balaban J connectivity index is 1.68. The third-order valence-electron chi connectivity index (χ3n) is 5.51. The highest BCUT2D eigenvalue weighted by molar-refractivity contribution is 5.95. The number of aryl methyl sites for hydroxylation is 1. The van der Waals surface area contributed by atoms with Gasteiger partial charge in [-0.05, 0) is 72.0 Å². The van der Waals surface area contributed by atoms with Gasteiger partial charge in [0, 0.05) is 19.0 Å². The number of hydrogen-bond acceptors (Lipinski definition) is 7. The van der Waals surface area contributed by atoms with Gasteiger partial charge >= 0.3 is 0 Å². The number of carbonyl (C=O) groups excluding carboxylic acids is 2. The van der Waals surface area contributed by atoms with E-state index in [4.69, 9.17) is 0 Å². The van der Waals surface area contributed by atoms with E-state index in [0.29, 0.717) is 24.1 Å². The smallest absolute Gasteiger partial charge is 0.244 e. The number of amides is 2. The lowest BCUT2D eigenvalue weighted by atomic mass is 10.0. The molecule has 0 fully saturated rings. The van der Waals surface area contributed by atoms with Crippen LogP contribution in [0.2, 0.25) is 0 Å². The van der Waals surface area contributed by atoms with Crippen molar-refractivity contribution in [3.05, 3.63) is 82.9 Å². The lowest BCUT2D eigenvalue weighted by Gasteiger charge is -2.18. The Morgan fingerprint density at radius 1 is 0.806 bits per heavy atom. The standard InChI is InChI=1S/C27H28N2O7/c1-16-12-18(2-6-21(16)30)10-11-28-27(36)20(13-19-4-8-23(32)25(34)15-19)29-26(35)9-5-17-3-7-22(31)24(33)14-17/h2-9,12,14-15,20,30-34H,10-11,13H2,1H3,(H,28,36)(H,29,35)/b9-5+. The van der Waals surface area contributed by atoms with Crippen molar-refractivity contribution in [2.24, 2.45) is 0 Å². The minimum absolute atomic E-state index is 0.0531. The van der Waals surface area contributed by atoms with Crippen molar-refractivity contribution in [1.82, 2.24) is 10.6 Å². The third-order valence-corrected chi connectivity index (χ3v) is 5.51. The topological polar surface area (TPSA) is 159 Å². The van der Waals surface area contributed by atoms with Crippen LogP contribution in [0.5, 0.6) is 28.7 Å². The van der Waals surface area contributed by atoms with Gasteiger partial charge in [-0.15, -0.1) is 0 Å². The van der Waals surface area contributed by atoms with Gasteiger partial charge in [-0.25, -0.2) is 0 Å². The summed E-state index contributed by atoms with van der Waals surface area (Å²) < 4.78 is 0. The molecule has 9 heteroatoms. The van der Waals surface area contributed by atoms with Gasteiger partial charge in [0.25, 0.3) is 0 Å². The summed E-state index contributed by atoms with van der Waals surface area (Å²) in [5.41, 5.74) is 2.64. The van der Waals surface area contributed by atoms with Gasteiger partial charge in [0.1, 0.15) is 11.8 Å². The fourth-order valence-electron chi connectivity index (χ4n) is 3.50. The summed E-state index contributed by atoms with van der Waals surface area (Å²) in [7, 11) is 0. The van der Waals surface area contributed by atoms with Crippen molar-refractivity contribution in [3.63, 3.8) is 0 Å². The van der Waals surface area contributed by atoms with Crippen LogP contribution in [0.4, 0.5) is 0 Å². The molecule has 0 aliphatic carbocycles. The van der Waals surface area contributed by atoms with Crippen molar-refractivity contribution in [2.75, 3.05) is 6.54 Å².